The summed E-state index contributed by atoms with van der Waals surface area (Å²) in [4.78, 5) is 24.5. The Morgan fingerprint density at radius 2 is 1.71 bits per heavy atom. The quantitative estimate of drug-likeness (QED) is 0.741. The van der Waals surface area contributed by atoms with E-state index in [0.717, 1.165) is 25.7 Å². The molecule has 3 nitrogen and oxygen atoms in total. The van der Waals surface area contributed by atoms with Gasteiger partial charge in [-0.25, -0.2) is 0 Å². The standard InChI is InChI=1S/C14H15NO2/c16-13-9-5-1-2-6-10(9)14(17)15-12-8-4-3-7-11(12)13/h1-2,5-6,11-12H,3-4,7-8H2,(H,15,17)/t11-,12+/m0/s1. The van der Waals surface area contributed by atoms with Gasteiger partial charge in [0.05, 0.1) is 5.56 Å². The van der Waals surface area contributed by atoms with Crippen LogP contribution in [0.3, 0.4) is 0 Å². The first-order chi connectivity index (χ1) is 8.27. The molecule has 3 rings (SSSR count). The lowest BCUT2D eigenvalue weighted by molar-refractivity contribution is 0.0837. The van der Waals surface area contributed by atoms with Gasteiger partial charge in [-0.05, 0) is 18.9 Å². The Hall–Kier alpha value is -1.64. The van der Waals surface area contributed by atoms with Crippen LogP contribution < -0.4 is 5.32 Å². The lowest BCUT2D eigenvalue weighted by Crippen LogP contribution is -2.42. The van der Waals surface area contributed by atoms with Crippen LogP contribution in [0.5, 0.6) is 0 Å². The predicted octanol–water partition coefficient (Wildman–Crippen LogP) is 2.17. The summed E-state index contributed by atoms with van der Waals surface area (Å²) < 4.78 is 0. The highest BCUT2D eigenvalue weighted by molar-refractivity contribution is 6.10. The molecule has 1 aromatic rings. The van der Waals surface area contributed by atoms with Crippen molar-refractivity contribution >= 4 is 11.7 Å². The number of hydrogen-bond acceptors (Lipinski definition) is 2. The third-order valence-electron chi connectivity index (χ3n) is 3.86. The molecule has 0 radical (unpaired) electrons. The maximum Gasteiger partial charge on any atom is 0.252 e. The average molecular weight is 229 g/mol. The number of ketones is 1. The summed E-state index contributed by atoms with van der Waals surface area (Å²) in [5.74, 6) is 0.0309. The first-order valence-corrected chi connectivity index (χ1v) is 6.21. The van der Waals surface area contributed by atoms with Crippen molar-refractivity contribution in [3.05, 3.63) is 35.4 Å². The van der Waals surface area contributed by atoms with Gasteiger partial charge < -0.3 is 5.32 Å². The monoisotopic (exact) mass is 229 g/mol. The normalized spacial score (nSPS) is 27.8. The Balaban J connectivity index is 2.08. The number of carbonyl (C=O) groups is 2. The number of benzene rings is 1. The van der Waals surface area contributed by atoms with E-state index in [0.29, 0.717) is 11.1 Å². The van der Waals surface area contributed by atoms with Crippen molar-refractivity contribution in [2.45, 2.75) is 31.7 Å². The summed E-state index contributed by atoms with van der Waals surface area (Å²) in [7, 11) is 0. The molecular weight excluding hydrogens is 214 g/mol. The van der Waals surface area contributed by atoms with Crippen LogP contribution in [0, 0.1) is 5.92 Å². The Morgan fingerprint density at radius 1 is 1.00 bits per heavy atom. The second-order valence-electron chi connectivity index (χ2n) is 4.88. The van der Waals surface area contributed by atoms with Crippen molar-refractivity contribution in [3.8, 4) is 0 Å². The van der Waals surface area contributed by atoms with E-state index in [2.05, 4.69) is 5.32 Å². The van der Waals surface area contributed by atoms with E-state index in [-0.39, 0.29) is 23.7 Å². The first-order valence-electron chi connectivity index (χ1n) is 6.21. The number of fused-ring (bicyclic) bond motifs is 2. The fourth-order valence-electron chi connectivity index (χ4n) is 2.96. The molecule has 1 aliphatic heterocycles. The Kier molecular flexibility index (Phi) is 2.46. The Morgan fingerprint density at radius 3 is 2.53 bits per heavy atom. The second-order valence-corrected chi connectivity index (χ2v) is 4.88. The molecule has 1 aliphatic carbocycles. The molecule has 1 amide bonds. The Labute approximate surface area is 100 Å². The van der Waals surface area contributed by atoms with E-state index in [1.165, 1.54) is 0 Å². The van der Waals surface area contributed by atoms with Gasteiger partial charge >= 0.3 is 0 Å². The molecule has 1 saturated carbocycles. The van der Waals surface area contributed by atoms with E-state index >= 15 is 0 Å². The van der Waals surface area contributed by atoms with Gasteiger partial charge in [0.15, 0.2) is 5.78 Å². The van der Waals surface area contributed by atoms with Crippen LogP contribution in [-0.2, 0) is 0 Å². The molecule has 1 fully saturated rings. The van der Waals surface area contributed by atoms with Crippen LogP contribution in [0.1, 0.15) is 46.4 Å². The summed E-state index contributed by atoms with van der Waals surface area (Å²) in [5.41, 5.74) is 1.13. The molecule has 2 atom stereocenters. The van der Waals surface area contributed by atoms with Crippen LogP contribution in [0.4, 0.5) is 0 Å². The van der Waals surface area contributed by atoms with Crippen molar-refractivity contribution < 1.29 is 9.59 Å². The molecule has 3 heteroatoms. The van der Waals surface area contributed by atoms with E-state index < -0.39 is 0 Å². The molecule has 0 unspecified atom stereocenters. The maximum atomic E-state index is 12.4. The zero-order valence-corrected chi connectivity index (χ0v) is 9.61. The van der Waals surface area contributed by atoms with Crippen LogP contribution >= 0.6 is 0 Å². The van der Waals surface area contributed by atoms with Crippen LogP contribution in [0.2, 0.25) is 0 Å². The summed E-state index contributed by atoms with van der Waals surface area (Å²) in [6, 6.07) is 7.18. The Bertz CT molecular complexity index is 481. The van der Waals surface area contributed by atoms with E-state index in [1.807, 2.05) is 6.07 Å². The number of carbonyl (C=O) groups excluding carboxylic acids is 2. The van der Waals surface area contributed by atoms with Gasteiger partial charge in [-0.3, -0.25) is 9.59 Å². The summed E-state index contributed by atoms with van der Waals surface area (Å²) >= 11 is 0. The van der Waals surface area contributed by atoms with Crippen LogP contribution in [0.15, 0.2) is 24.3 Å². The molecular formula is C14H15NO2. The van der Waals surface area contributed by atoms with Crippen molar-refractivity contribution in [2.24, 2.45) is 5.92 Å². The molecule has 1 aromatic carbocycles. The molecule has 0 spiro atoms. The van der Waals surface area contributed by atoms with Gasteiger partial charge in [0.2, 0.25) is 0 Å². The van der Waals surface area contributed by atoms with Gasteiger partial charge in [0.1, 0.15) is 0 Å². The molecule has 2 aliphatic rings. The summed E-state index contributed by atoms with van der Waals surface area (Å²) in [6.45, 7) is 0. The molecule has 0 saturated heterocycles. The molecule has 1 heterocycles. The van der Waals surface area contributed by atoms with Crippen molar-refractivity contribution in [3.63, 3.8) is 0 Å². The summed E-state index contributed by atoms with van der Waals surface area (Å²) in [5, 5.41) is 3.01. The fourth-order valence-corrected chi connectivity index (χ4v) is 2.96. The third-order valence-corrected chi connectivity index (χ3v) is 3.86. The lowest BCUT2D eigenvalue weighted by atomic mass is 9.80. The van der Waals surface area contributed by atoms with Crippen LogP contribution in [0.25, 0.3) is 0 Å². The highest BCUT2D eigenvalue weighted by atomic mass is 16.2. The fraction of sp³-hybridized carbons (Fsp3) is 0.429. The lowest BCUT2D eigenvalue weighted by Gasteiger charge is -2.28. The predicted molar refractivity (Wildman–Crippen MR) is 64.0 cm³/mol. The number of hydrogen-bond donors (Lipinski definition) is 1. The van der Waals surface area contributed by atoms with Crippen molar-refractivity contribution in [1.29, 1.82) is 0 Å². The minimum absolute atomic E-state index is 0.0173. The summed E-state index contributed by atoms with van der Waals surface area (Å²) in [6.07, 6.45) is 4.02. The molecule has 1 N–H and O–H groups in total. The maximum absolute atomic E-state index is 12.4. The van der Waals surface area contributed by atoms with E-state index in [4.69, 9.17) is 0 Å². The molecule has 0 aromatic heterocycles. The SMILES string of the molecule is O=C1N[C@@H]2CCCC[C@@H]2C(=O)c2ccccc21. The zero-order chi connectivity index (χ0) is 11.8. The first kappa shape index (κ1) is 10.5. The zero-order valence-electron chi connectivity index (χ0n) is 9.61. The highest BCUT2D eigenvalue weighted by Gasteiger charge is 2.37. The minimum atomic E-state index is -0.0941. The number of nitrogens with one attached hydrogen (secondary N) is 1. The number of Topliss-reactive ketones (excluding diaryl/α,β-unsaturated/α-hetero) is 1. The molecule has 17 heavy (non-hydrogen) atoms. The van der Waals surface area contributed by atoms with Gasteiger partial charge in [-0.1, -0.05) is 31.0 Å². The van der Waals surface area contributed by atoms with Crippen molar-refractivity contribution in [1.82, 2.24) is 5.32 Å². The third kappa shape index (κ3) is 1.66. The van der Waals surface area contributed by atoms with Gasteiger partial charge in [-0.15, -0.1) is 0 Å². The highest BCUT2D eigenvalue weighted by Crippen LogP contribution is 2.31. The van der Waals surface area contributed by atoms with Crippen molar-refractivity contribution in [2.75, 3.05) is 0 Å². The van der Waals surface area contributed by atoms with Gasteiger partial charge in [0, 0.05) is 17.5 Å². The number of amides is 1. The smallest absolute Gasteiger partial charge is 0.252 e. The van der Waals surface area contributed by atoms with Gasteiger partial charge in [-0.2, -0.15) is 0 Å². The molecule has 0 bridgehead atoms. The number of rotatable bonds is 0. The van der Waals surface area contributed by atoms with Gasteiger partial charge in [0.25, 0.3) is 5.91 Å². The molecule has 88 valence electrons. The second kappa shape index (κ2) is 3.99. The largest absolute Gasteiger partial charge is 0.349 e. The average Bonchev–Trinajstić information content (AvgIpc) is 2.48. The van der Waals surface area contributed by atoms with E-state index in [9.17, 15) is 9.59 Å². The topological polar surface area (TPSA) is 46.2 Å². The van der Waals surface area contributed by atoms with Crippen LogP contribution in [-0.4, -0.2) is 17.7 Å². The van der Waals surface area contributed by atoms with E-state index in [1.54, 1.807) is 18.2 Å². The minimum Gasteiger partial charge on any atom is -0.349 e.